The minimum atomic E-state index is 0.229. The van der Waals surface area contributed by atoms with Crippen LogP contribution in [-0.2, 0) is 20.0 Å². The Bertz CT molecular complexity index is 429. The molecule has 7 heteroatoms. The number of aromatic nitrogens is 2. The van der Waals surface area contributed by atoms with E-state index in [1.807, 2.05) is 21.0 Å². The Morgan fingerprint density at radius 1 is 1.61 bits per heavy atom. The van der Waals surface area contributed by atoms with Crippen LogP contribution in [-0.4, -0.2) is 39.3 Å². The molecule has 0 bridgehead atoms. The average molecular weight is 274 g/mol. The number of nitrogens with two attached hydrogens (primary N) is 1. The topological polar surface area (TPSA) is 79.7 Å². The molecule has 0 aliphatic rings. The number of hydrogen-bond acceptors (Lipinski definition) is 4. The Balaban J connectivity index is 2.64. The zero-order valence-corrected chi connectivity index (χ0v) is 11.8. The molecule has 18 heavy (non-hydrogen) atoms. The van der Waals surface area contributed by atoms with Crippen molar-refractivity contribution in [2.24, 2.45) is 17.9 Å². The van der Waals surface area contributed by atoms with E-state index in [0.29, 0.717) is 19.5 Å². The summed E-state index contributed by atoms with van der Waals surface area (Å²) < 4.78 is 1.81. The van der Waals surface area contributed by atoms with E-state index < -0.39 is 0 Å². The second-order valence-corrected chi connectivity index (χ2v) is 4.64. The number of nitrogens with zero attached hydrogens (tertiary/aromatic N) is 4. The highest BCUT2D eigenvalue weighted by molar-refractivity contribution is 6.31. The van der Waals surface area contributed by atoms with Gasteiger partial charge in [-0.25, -0.2) is 0 Å². The van der Waals surface area contributed by atoms with Crippen molar-refractivity contribution in [3.8, 4) is 0 Å². The van der Waals surface area contributed by atoms with Crippen LogP contribution in [0, 0.1) is 0 Å². The summed E-state index contributed by atoms with van der Waals surface area (Å²) in [6, 6.07) is 0. The molecule has 0 atom stereocenters. The van der Waals surface area contributed by atoms with Crippen LogP contribution >= 0.6 is 11.6 Å². The number of hydrogen-bond donors (Lipinski definition) is 2. The molecule has 0 saturated heterocycles. The van der Waals surface area contributed by atoms with Gasteiger partial charge in [-0.2, -0.15) is 5.10 Å². The SMILES string of the molecule is CCc1nn(C)c(CN(C)CCC(N)=NO)c1Cl. The molecule has 0 radical (unpaired) electrons. The Hall–Kier alpha value is -1.27. The van der Waals surface area contributed by atoms with Gasteiger partial charge in [0.2, 0.25) is 0 Å². The molecule has 0 fully saturated rings. The largest absolute Gasteiger partial charge is 0.409 e. The molecule has 0 aliphatic carbocycles. The van der Waals surface area contributed by atoms with E-state index in [0.717, 1.165) is 22.8 Å². The fraction of sp³-hybridized carbons (Fsp3) is 0.636. The molecule has 0 saturated carbocycles. The van der Waals surface area contributed by atoms with Crippen molar-refractivity contribution in [2.75, 3.05) is 13.6 Å². The Labute approximate surface area is 112 Å². The summed E-state index contributed by atoms with van der Waals surface area (Å²) in [5.74, 6) is 0.229. The van der Waals surface area contributed by atoms with E-state index in [1.54, 1.807) is 4.68 Å². The lowest BCUT2D eigenvalue weighted by Crippen LogP contribution is -2.25. The molecule has 1 heterocycles. The van der Waals surface area contributed by atoms with Crippen LogP contribution in [0.3, 0.4) is 0 Å². The smallest absolute Gasteiger partial charge is 0.140 e. The van der Waals surface area contributed by atoms with Crippen molar-refractivity contribution in [2.45, 2.75) is 26.3 Å². The maximum absolute atomic E-state index is 8.47. The first-order chi connectivity index (χ1) is 8.49. The standard InChI is InChI=1S/C11H20ClN5O/c1-4-8-11(12)9(17(3)14-8)7-16(2)6-5-10(13)15-18/h18H,4-7H2,1-3H3,(H2,13,15). The molecule has 0 unspecified atom stereocenters. The van der Waals surface area contributed by atoms with Crippen molar-refractivity contribution < 1.29 is 5.21 Å². The van der Waals surface area contributed by atoms with Crippen molar-refractivity contribution >= 4 is 17.4 Å². The first kappa shape index (κ1) is 14.8. The lowest BCUT2D eigenvalue weighted by molar-refractivity contribution is 0.307. The van der Waals surface area contributed by atoms with Gasteiger partial charge in [-0.3, -0.25) is 4.68 Å². The minimum absolute atomic E-state index is 0.229. The van der Waals surface area contributed by atoms with Crippen LogP contribution < -0.4 is 5.73 Å². The highest BCUT2D eigenvalue weighted by Crippen LogP contribution is 2.21. The summed E-state index contributed by atoms with van der Waals surface area (Å²) in [5, 5.41) is 16.5. The normalized spacial score (nSPS) is 12.4. The lowest BCUT2D eigenvalue weighted by Gasteiger charge is -2.16. The molecular weight excluding hydrogens is 254 g/mol. The summed E-state index contributed by atoms with van der Waals surface area (Å²) >= 11 is 6.27. The number of halogens is 1. The van der Waals surface area contributed by atoms with E-state index in [4.69, 9.17) is 22.5 Å². The van der Waals surface area contributed by atoms with Crippen LogP contribution in [0.25, 0.3) is 0 Å². The third-order valence-electron chi connectivity index (χ3n) is 2.80. The Morgan fingerprint density at radius 2 is 2.28 bits per heavy atom. The first-order valence-electron chi connectivity index (χ1n) is 5.84. The van der Waals surface area contributed by atoms with E-state index in [9.17, 15) is 0 Å². The predicted octanol–water partition coefficient (Wildman–Crippen LogP) is 1.20. The second kappa shape index (κ2) is 6.61. The summed E-state index contributed by atoms with van der Waals surface area (Å²) in [5.41, 5.74) is 7.33. The maximum Gasteiger partial charge on any atom is 0.140 e. The van der Waals surface area contributed by atoms with Gasteiger partial charge in [0.15, 0.2) is 0 Å². The van der Waals surface area contributed by atoms with Crippen molar-refractivity contribution in [3.05, 3.63) is 16.4 Å². The van der Waals surface area contributed by atoms with Crippen LogP contribution in [0.2, 0.25) is 5.02 Å². The highest BCUT2D eigenvalue weighted by Gasteiger charge is 2.14. The van der Waals surface area contributed by atoms with Gasteiger partial charge >= 0.3 is 0 Å². The van der Waals surface area contributed by atoms with Crippen molar-refractivity contribution in [3.63, 3.8) is 0 Å². The van der Waals surface area contributed by atoms with Crippen LogP contribution in [0.15, 0.2) is 5.16 Å². The quantitative estimate of drug-likeness (QED) is 0.353. The number of amidine groups is 1. The summed E-state index contributed by atoms with van der Waals surface area (Å²) in [4.78, 5) is 2.06. The summed E-state index contributed by atoms with van der Waals surface area (Å²) in [6.45, 7) is 3.40. The molecule has 6 nitrogen and oxygen atoms in total. The summed E-state index contributed by atoms with van der Waals surface area (Å²) in [7, 11) is 3.84. The van der Waals surface area contributed by atoms with E-state index in [1.165, 1.54) is 0 Å². The molecule has 0 spiro atoms. The molecule has 0 aromatic carbocycles. The summed E-state index contributed by atoms with van der Waals surface area (Å²) in [6.07, 6.45) is 1.34. The molecule has 1 aromatic heterocycles. The van der Waals surface area contributed by atoms with Gasteiger partial charge in [0.1, 0.15) is 5.84 Å². The van der Waals surface area contributed by atoms with Crippen LogP contribution in [0.4, 0.5) is 0 Å². The lowest BCUT2D eigenvalue weighted by atomic mass is 10.3. The van der Waals surface area contributed by atoms with Gasteiger partial charge < -0.3 is 15.8 Å². The monoisotopic (exact) mass is 273 g/mol. The van der Waals surface area contributed by atoms with Gasteiger partial charge in [0.05, 0.1) is 16.4 Å². The van der Waals surface area contributed by atoms with Crippen molar-refractivity contribution in [1.29, 1.82) is 0 Å². The van der Waals surface area contributed by atoms with E-state index >= 15 is 0 Å². The molecule has 0 aliphatic heterocycles. The van der Waals surface area contributed by atoms with Crippen molar-refractivity contribution in [1.82, 2.24) is 14.7 Å². The fourth-order valence-corrected chi connectivity index (χ4v) is 2.04. The molecule has 0 amide bonds. The molecule has 3 N–H and O–H groups in total. The molecule has 102 valence electrons. The Morgan fingerprint density at radius 3 is 2.78 bits per heavy atom. The highest BCUT2D eigenvalue weighted by atomic mass is 35.5. The van der Waals surface area contributed by atoms with Crippen LogP contribution in [0.1, 0.15) is 24.7 Å². The van der Waals surface area contributed by atoms with Gasteiger partial charge in [-0.05, 0) is 13.5 Å². The first-order valence-corrected chi connectivity index (χ1v) is 6.22. The number of oxime groups is 1. The third kappa shape index (κ3) is 3.61. The molecule has 1 rings (SSSR count). The van der Waals surface area contributed by atoms with E-state index in [2.05, 4.69) is 15.2 Å². The minimum Gasteiger partial charge on any atom is -0.409 e. The third-order valence-corrected chi connectivity index (χ3v) is 3.24. The van der Waals surface area contributed by atoms with Crippen LogP contribution in [0.5, 0.6) is 0 Å². The van der Waals surface area contributed by atoms with Gasteiger partial charge in [-0.15, -0.1) is 0 Å². The zero-order chi connectivity index (χ0) is 13.7. The molecular formula is C11H20ClN5O. The molecule has 1 aromatic rings. The fourth-order valence-electron chi connectivity index (χ4n) is 1.68. The number of aryl methyl sites for hydroxylation is 2. The maximum atomic E-state index is 8.47. The average Bonchev–Trinajstić information content (AvgIpc) is 2.63. The predicted molar refractivity (Wildman–Crippen MR) is 72.0 cm³/mol. The van der Waals surface area contributed by atoms with Gasteiger partial charge in [0, 0.05) is 26.6 Å². The Kier molecular flexibility index (Phi) is 5.43. The van der Waals surface area contributed by atoms with Gasteiger partial charge in [0.25, 0.3) is 0 Å². The van der Waals surface area contributed by atoms with Gasteiger partial charge in [-0.1, -0.05) is 23.7 Å². The zero-order valence-electron chi connectivity index (χ0n) is 11.0. The number of rotatable bonds is 6. The van der Waals surface area contributed by atoms with E-state index in [-0.39, 0.29) is 5.84 Å². The second-order valence-electron chi connectivity index (χ2n) is 4.26.